The topological polar surface area (TPSA) is 88.0 Å². The Balaban J connectivity index is 3.28. The molecule has 0 aliphatic heterocycles. The summed E-state index contributed by atoms with van der Waals surface area (Å²) in [4.78, 5) is 0. The zero-order chi connectivity index (χ0) is 15.2. The molecule has 2 aromatic carbocycles. The molecule has 0 amide bonds. The number of phenols is 2. The van der Waals surface area contributed by atoms with E-state index in [1.54, 1.807) is 0 Å². The van der Waals surface area contributed by atoms with Crippen molar-refractivity contribution in [1.29, 1.82) is 10.5 Å². The van der Waals surface area contributed by atoms with Gasteiger partial charge in [0.15, 0.2) is 23.3 Å². The molecule has 0 saturated heterocycles. The first-order valence-corrected chi connectivity index (χ1v) is 4.90. The fourth-order valence-electron chi connectivity index (χ4n) is 1.78. The van der Waals surface area contributed by atoms with Crippen LogP contribution >= 0.6 is 0 Å². The van der Waals surface area contributed by atoms with E-state index in [9.17, 15) is 27.8 Å². The standard InChI is InChI=1S/C12H2F4N2O2/c13-7-5-6(8(14)10(16)9(7)15)12(20)4(2-18)3(1-17)11(5)19/h19-20H. The summed E-state index contributed by atoms with van der Waals surface area (Å²) >= 11 is 0. The zero-order valence-corrected chi connectivity index (χ0v) is 9.30. The summed E-state index contributed by atoms with van der Waals surface area (Å²) in [5.41, 5.74) is -1.75. The Morgan fingerprint density at radius 1 is 0.650 bits per heavy atom. The van der Waals surface area contributed by atoms with Gasteiger partial charge in [-0.05, 0) is 0 Å². The Morgan fingerprint density at radius 3 is 1.20 bits per heavy atom. The van der Waals surface area contributed by atoms with Crippen LogP contribution in [0.15, 0.2) is 0 Å². The molecule has 0 bridgehead atoms. The van der Waals surface area contributed by atoms with Crippen LogP contribution in [-0.4, -0.2) is 10.2 Å². The van der Waals surface area contributed by atoms with E-state index in [0.29, 0.717) is 0 Å². The molecule has 2 aromatic rings. The van der Waals surface area contributed by atoms with Crippen molar-refractivity contribution < 1.29 is 27.8 Å². The van der Waals surface area contributed by atoms with Crippen LogP contribution in [0.4, 0.5) is 17.6 Å². The number of fused-ring (bicyclic) bond motifs is 1. The van der Waals surface area contributed by atoms with E-state index in [2.05, 4.69) is 0 Å². The summed E-state index contributed by atoms with van der Waals surface area (Å²) in [6.07, 6.45) is 0. The van der Waals surface area contributed by atoms with E-state index in [1.807, 2.05) is 0 Å². The number of hydrogen-bond donors (Lipinski definition) is 2. The molecule has 0 fully saturated rings. The van der Waals surface area contributed by atoms with Gasteiger partial charge in [-0.3, -0.25) is 0 Å². The van der Waals surface area contributed by atoms with E-state index >= 15 is 0 Å². The van der Waals surface area contributed by atoms with Gasteiger partial charge in [-0.2, -0.15) is 10.5 Å². The average Bonchev–Trinajstić information content (AvgIpc) is 2.43. The molecule has 0 unspecified atom stereocenters. The summed E-state index contributed by atoms with van der Waals surface area (Å²) in [6.45, 7) is 0. The van der Waals surface area contributed by atoms with Crippen LogP contribution < -0.4 is 0 Å². The van der Waals surface area contributed by atoms with E-state index in [4.69, 9.17) is 10.5 Å². The van der Waals surface area contributed by atoms with Crippen molar-refractivity contribution in [1.82, 2.24) is 0 Å². The summed E-state index contributed by atoms with van der Waals surface area (Å²) in [7, 11) is 0. The largest absolute Gasteiger partial charge is 0.506 e. The number of halogens is 4. The van der Waals surface area contributed by atoms with E-state index in [1.165, 1.54) is 12.1 Å². The number of nitrogens with zero attached hydrogens (tertiary/aromatic N) is 2. The fraction of sp³-hybridized carbons (Fsp3) is 0. The number of nitriles is 2. The van der Waals surface area contributed by atoms with Gasteiger partial charge in [-0.25, -0.2) is 17.6 Å². The van der Waals surface area contributed by atoms with Crippen molar-refractivity contribution in [2.45, 2.75) is 0 Å². The quantitative estimate of drug-likeness (QED) is 0.336. The minimum atomic E-state index is -2.21. The molecule has 0 aliphatic carbocycles. The lowest BCUT2D eigenvalue weighted by molar-refractivity contribution is 0.409. The second-order valence-corrected chi connectivity index (χ2v) is 3.68. The molecule has 0 aromatic heterocycles. The minimum absolute atomic E-state index is 0.873. The summed E-state index contributed by atoms with van der Waals surface area (Å²) in [5, 5.41) is 34.3. The molecule has 20 heavy (non-hydrogen) atoms. The Kier molecular flexibility index (Phi) is 2.87. The summed E-state index contributed by atoms with van der Waals surface area (Å²) < 4.78 is 53.4. The van der Waals surface area contributed by atoms with Crippen LogP contribution in [-0.2, 0) is 0 Å². The smallest absolute Gasteiger partial charge is 0.198 e. The molecule has 0 atom stereocenters. The maximum atomic E-state index is 13.6. The molecule has 8 heteroatoms. The molecule has 2 rings (SSSR count). The number of benzene rings is 2. The van der Waals surface area contributed by atoms with Crippen LogP contribution in [0.25, 0.3) is 10.8 Å². The van der Waals surface area contributed by atoms with Gasteiger partial charge in [-0.15, -0.1) is 0 Å². The fourth-order valence-corrected chi connectivity index (χ4v) is 1.78. The van der Waals surface area contributed by atoms with Gasteiger partial charge in [0.05, 0.1) is 10.8 Å². The van der Waals surface area contributed by atoms with E-state index in [-0.39, 0.29) is 0 Å². The molecule has 2 N–H and O–H groups in total. The zero-order valence-electron chi connectivity index (χ0n) is 9.30. The highest BCUT2D eigenvalue weighted by molar-refractivity contribution is 5.98. The van der Waals surface area contributed by atoms with Gasteiger partial charge in [-0.1, -0.05) is 0 Å². The van der Waals surface area contributed by atoms with E-state index < -0.39 is 56.7 Å². The Labute approximate surface area is 108 Å². The third-order valence-corrected chi connectivity index (χ3v) is 2.69. The molecule has 0 heterocycles. The molecule has 0 spiro atoms. The van der Waals surface area contributed by atoms with Crippen molar-refractivity contribution in [3.05, 3.63) is 34.4 Å². The lowest BCUT2D eigenvalue weighted by atomic mass is 9.98. The Hall–Kier alpha value is -3.00. The summed E-state index contributed by atoms with van der Waals surface area (Å²) in [5.74, 6) is -10.9. The predicted octanol–water partition coefficient (Wildman–Crippen LogP) is 2.55. The molecule has 0 radical (unpaired) electrons. The average molecular weight is 282 g/mol. The van der Waals surface area contributed by atoms with Gasteiger partial charge in [0.2, 0.25) is 0 Å². The number of phenolic OH excluding ortho intramolecular Hbond substituents is 2. The first-order valence-electron chi connectivity index (χ1n) is 4.90. The molecule has 4 nitrogen and oxygen atoms in total. The lowest BCUT2D eigenvalue weighted by Gasteiger charge is -2.11. The monoisotopic (exact) mass is 282 g/mol. The molecular weight excluding hydrogens is 280 g/mol. The highest BCUT2D eigenvalue weighted by Gasteiger charge is 2.29. The third-order valence-electron chi connectivity index (χ3n) is 2.69. The summed E-state index contributed by atoms with van der Waals surface area (Å²) in [6, 6.07) is 2.58. The highest BCUT2D eigenvalue weighted by Crippen LogP contribution is 2.42. The van der Waals surface area contributed by atoms with Crippen LogP contribution in [0, 0.1) is 45.9 Å². The van der Waals surface area contributed by atoms with Crippen molar-refractivity contribution in [3.63, 3.8) is 0 Å². The van der Waals surface area contributed by atoms with Crippen molar-refractivity contribution >= 4 is 10.8 Å². The maximum absolute atomic E-state index is 13.6. The van der Waals surface area contributed by atoms with Crippen molar-refractivity contribution in [3.8, 4) is 23.6 Å². The van der Waals surface area contributed by atoms with Gasteiger partial charge in [0.25, 0.3) is 0 Å². The second kappa shape index (κ2) is 4.28. The number of aromatic hydroxyl groups is 2. The van der Waals surface area contributed by atoms with Crippen LogP contribution in [0.5, 0.6) is 11.5 Å². The minimum Gasteiger partial charge on any atom is -0.506 e. The molecule has 0 saturated carbocycles. The SMILES string of the molecule is N#Cc1c(C#N)c(O)c2c(F)c(F)c(F)c(F)c2c1O. The first-order chi connectivity index (χ1) is 9.36. The second-order valence-electron chi connectivity index (χ2n) is 3.68. The molecular formula is C12H2F4N2O2. The number of rotatable bonds is 0. The van der Waals surface area contributed by atoms with Gasteiger partial charge < -0.3 is 10.2 Å². The number of hydrogen-bond acceptors (Lipinski definition) is 4. The highest BCUT2D eigenvalue weighted by atomic mass is 19.2. The van der Waals surface area contributed by atoms with Crippen LogP contribution in [0.3, 0.4) is 0 Å². The van der Waals surface area contributed by atoms with E-state index in [0.717, 1.165) is 0 Å². The van der Waals surface area contributed by atoms with Crippen LogP contribution in [0.2, 0.25) is 0 Å². The Bertz CT molecular complexity index is 780. The first kappa shape index (κ1) is 13.4. The maximum Gasteiger partial charge on any atom is 0.198 e. The van der Waals surface area contributed by atoms with Gasteiger partial charge in [0.1, 0.15) is 34.8 Å². The van der Waals surface area contributed by atoms with Gasteiger partial charge in [0, 0.05) is 0 Å². The van der Waals surface area contributed by atoms with Crippen LogP contribution in [0.1, 0.15) is 11.1 Å². The predicted molar refractivity (Wildman–Crippen MR) is 56.5 cm³/mol. The Morgan fingerprint density at radius 2 is 0.950 bits per heavy atom. The lowest BCUT2D eigenvalue weighted by Crippen LogP contribution is -2.01. The van der Waals surface area contributed by atoms with Crippen molar-refractivity contribution in [2.24, 2.45) is 0 Å². The van der Waals surface area contributed by atoms with Crippen molar-refractivity contribution in [2.75, 3.05) is 0 Å². The molecule has 100 valence electrons. The molecule has 0 aliphatic rings. The third kappa shape index (κ3) is 1.45. The van der Waals surface area contributed by atoms with Gasteiger partial charge >= 0.3 is 0 Å². The normalized spacial score (nSPS) is 10.3.